The van der Waals surface area contributed by atoms with Crippen LogP contribution in [0.4, 0.5) is 0 Å². The van der Waals surface area contributed by atoms with Gasteiger partial charge >= 0.3 is 0 Å². The Balaban J connectivity index is 1.32. The summed E-state index contributed by atoms with van der Waals surface area (Å²) in [4.78, 5) is 42.3. The van der Waals surface area contributed by atoms with E-state index in [9.17, 15) is 14.4 Å². The molecule has 1 atom stereocenters. The van der Waals surface area contributed by atoms with Gasteiger partial charge in [0.2, 0.25) is 17.7 Å². The van der Waals surface area contributed by atoms with Crippen LogP contribution in [0.1, 0.15) is 133 Å². The van der Waals surface area contributed by atoms with Crippen LogP contribution in [-0.2, 0) is 34.0 Å². The molecule has 0 aliphatic carbocycles. The molecule has 0 fully saturated rings. The van der Waals surface area contributed by atoms with E-state index in [0.717, 1.165) is 93.1 Å². The van der Waals surface area contributed by atoms with Crippen molar-refractivity contribution < 1.29 is 19.1 Å². The quantitative estimate of drug-likeness (QED) is 0.0657. The van der Waals surface area contributed by atoms with Crippen molar-refractivity contribution in [1.29, 1.82) is 0 Å². The Morgan fingerprint density at radius 2 is 1.20 bits per heavy atom. The molecule has 3 N–H and O–H groups in total. The van der Waals surface area contributed by atoms with Crippen LogP contribution in [0.5, 0.6) is 5.75 Å². The molecule has 2 aromatic carbocycles. The lowest BCUT2D eigenvalue weighted by atomic mass is 10.0. The zero-order valence-corrected chi connectivity index (χ0v) is 31.0. The summed E-state index contributed by atoms with van der Waals surface area (Å²) in [6, 6.07) is 21.1. The number of carbonyl (C=O) groups is 3. The Kier molecular flexibility index (Phi) is 21.5. The van der Waals surface area contributed by atoms with E-state index >= 15 is 0 Å². The van der Waals surface area contributed by atoms with E-state index < -0.39 is 6.04 Å². The Labute approximate surface area is 307 Å². The molecule has 0 unspecified atom stereocenters. The second-order valence-corrected chi connectivity index (χ2v) is 13.6. The lowest BCUT2D eigenvalue weighted by Gasteiger charge is -2.19. The first kappa shape index (κ1) is 41.2. The SMILES string of the molecule is CCCCCCCCCC(=O)N[C@@H](Cc1ccc(OCc2ccccc2)cc1)C(=O)NCCCCCCCCCCC(=O)NCc1ccncc1. The summed E-state index contributed by atoms with van der Waals surface area (Å²) in [7, 11) is 0. The molecule has 0 radical (unpaired) electrons. The van der Waals surface area contributed by atoms with Gasteiger partial charge in [-0.2, -0.15) is 0 Å². The third-order valence-electron chi connectivity index (χ3n) is 9.14. The summed E-state index contributed by atoms with van der Waals surface area (Å²) in [5.41, 5.74) is 3.14. The van der Waals surface area contributed by atoms with Gasteiger partial charge in [0.25, 0.3) is 0 Å². The van der Waals surface area contributed by atoms with Gasteiger partial charge in [-0.15, -0.1) is 0 Å². The van der Waals surface area contributed by atoms with Crippen LogP contribution in [-0.4, -0.2) is 35.3 Å². The van der Waals surface area contributed by atoms with Crippen molar-refractivity contribution in [2.75, 3.05) is 6.54 Å². The Morgan fingerprint density at radius 1 is 0.608 bits per heavy atom. The average Bonchev–Trinajstić information content (AvgIpc) is 3.16. The molecule has 278 valence electrons. The third-order valence-corrected chi connectivity index (χ3v) is 9.14. The van der Waals surface area contributed by atoms with E-state index in [2.05, 4.69) is 27.9 Å². The molecule has 0 saturated heterocycles. The zero-order valence-electron chi connectivity index (χ0n) is 31.0. The molecular formula is C43H62N4O4. The zero-order chi connectivity index (χ0) is 36.2. The molecule has 3 rings (SSSR count). The van der Waals surface area contributed by atoms with E-state index in [1.165, 1.54) is 25.7 Å². The van der Waals surface area contributed by atoms with Crippen LogP contribution in [0.3, 0.4) is 0 Å². The molecule has 0 bridgehead atoms. The summed E-state index contributed by atoms with van der Waals surface area (Å²) in [5, 5.41) is 9.09. The molecule has 8 nitrogen and oxygen atoms in total. The highest BCUT2D eigenvalue weighted by molar-refractivity contribution is 5.87. The van der Waals surface area contributed by atoms with Crippen molar-refractivity contribution in [2.45, 2.75) is 142 Å². The molecule has 3 aromatic rings. The van der Waals surface area contributed by atoms with Crippen LogP contribution < -0.4 is 20.7 Å². The smallest absolute Gasteiger partial charge is 0.242 e. The van der Waals surface area contributed by atoms with Crippen molar-refractivity contribution in [3.05, 3.63) is 95.8 Å². The maximum absolute atomic E-state index is 13.3. The second kappa shape index (κ2) is 26.6. The number of nitrogens with zero attached hydrogens (tertiary/aromatic N) is 1. The average molecular weight is 699 g/mol. The van der Waals surface area contributed by atoms with Crippen LogP contribution in [0, 0.1) is 0 Å². The van der Waals surface area contributed by atoms with Crippen molar-refractivity contribution in [2.24, 2.45) is 0 Å². The number of aromatic nitrogens is 1. The molecule has 0 saturated carbocycles. The highest BCUT2D eigenvalue weighted by atomic mass is 16.5. The van der Waals surface area contributed by atoms with Gasteiger partial charge in [0.05, 0.1) is 0 Å². The van der Waals surface area contributed by atoms with Gasteiger partial charge in [-0.25, -0.2) is 0 Å². The summed E-state index contributed by atoms with van der Waals surface area (Å²) in [6.07, 6.45) is 21.5. The van der Waals surface area contributed by atoms with Crippen molar-refractivity contribution in [1.82, 2.24) is 20.9 Å². The number of pyridine rings is 1. The number of rotatable bonds is 28. The van der Waals surface area contributed by atoms with E-state index in [1.807, 2.05) is 66.7 Å². The number of hydrogen-bond acceptors (Lipinski definition) is 5. The minimum atomic E-state index is -0.615. The monoisotopic (exact) mass is 698 g/mol. The Bertz CT molecular complexity index is 1350. The summed E-state index contributed by atoms with van der Waals surface area (Å²) in [6.45, 7) is 3.86. The van der Waals surface area contributed by atoms with Gasteiger partial charge in [-0.1, -0.05) is 126 Å². The molecule has 3 amide bonds. The first-order valence-corrected chi connectivity index (χ1v) is 19.5. The van der Waals surface area contributed by atoms with Crippen LogP contribution in [0.25, 0.3) is 0 Å². The minimum Gasteiger partial charge on any atom is -0.489 e. The molecule has 51 heavy (non-hydrogen) atoms. The van der Waals surface area contributed by atoms with Crippen molar-refractivity contribution in [3.63, 3.8) is 0 Å². The van der Waals surface area contributed by atoms with Gasteiger partial charge in [0.1, 0.15) is 18.4 Å². The molecule has 1 aromatic heterocycles. The van der Waals surface area contributed by atoms with Crippen LogP contribution in [0.15, 0.2) is 79.1 Å². The van der Waals surface area contributed by atoms with Gasteiger partial charge in [-0.3, -0.25) is 19.4 Å². The van der Waals surface area contributed by atoms with Crippen molar-refractivity contribution >= 4 is 17.7 Å². The Hall–Kier alpha value is -4.20. The minimum absolute atomic E-state index is 0.0582. The lowest BCUT2D eigenvalue weighted by molar-refractivity contribution is -0.129. The second-order valence-electron chi connectivity index (χ2n) is 13.6. The first-order chi connectivity index (χ1) is 25.0. The van der Waals surface area contributed by atoms with Gasteiger partial charge in [0, 0.05) is 44.7 Å². The van der Waals surface area contributed by atoms with E-state index in [1.54, 1.807) is 12.4 Å². The fourth-order valence-electron chi connectivity index (χ4n) is 6.01. The normalized spacial score (nSPS) is 11.5. The number of amides is 3. The predicted molar refractivity (Wildman–Crippen MR) is 206 cm³/mol. The molecule has 0 aliphatic heterocycles. The maximum atomic E-state index is 13.3. The fourth-order valence-corrected chi connectivity index (χ4v) is 6.01. The predicted octanol–water partition coefficient (Wildman–Crippen LogP) is 8.77. The van der Waals surface area contributed by atoms with Gasteiger partial charge in [-0.05, 0) is 60.2 Å². The number of carbonyl (C=O) groups excluding carboxylic acids is 3. The summed E-state index contributed by atoms with van der Waals surface area (Å²) >= 11 is 0. The molecule has 0 aliphatic rings. The molecule has 8 heteroatoms. The number of hydrogen-bond donors (Lipinski definition) is 3. The largest absolute Gasteiger partial charge is 0.489 e. The highest BCUT2D eigenvalue weighted by Gasteiger charge is 2.21. The van der Waals surface area contributed by atoms with E-state index in [0.29, 0.717) is 39.0 Å². The maximum Gasteiger partial charge on any atom is 0.242 e. The summed E-state index contributed by atoms with van der Waals surface area (Å²) < 4.78 is 5.93. The fraction of sp³-hybridized carbons (Fsp3) is 0.535. The standard InChI is InChI=1S/C43H62N4O4/c1-2-3-4-5-8-12-18-23-42(49)47-40(33-36-24-26-39(27-25-36)51-35-38-20-15-14-16-21-38)43(50)45-30-19-13-10-7-6-9-11-17-22-41(48)46-34-37-28-31-44-32-29-37/h14-16,20-21,24-29,31-32,40H,2-13,17-19,22-23,30,33-35H2,1H3,(H,45,50)(H,46,48)(H,47,49)/t40-/m0/s1. The summed E-state index contributed by atoms with van der Waals surface area (Å²) in [5.74, 6) is 0.687. The van der Waals surface area contributed by atoms with Gasteiger partial charge < -0.3 is 20.7 Å². The van der Waals surface area contributed by atoms with Gasteiger partial charge in [0.15, 0.2) is 0 Å². The van der Waals surface area contributed by atoms with Crippen LogP contribution >= 0.6 is 0 Å². The molecule has 1 heterocycles. The van der Waals surface area contributed by atoms with E-state index in [4.69, 9.17) is 4.74 Å². The van der Waals surface area contributed by atoms with E-state index in [-0.39, 0.29) is 17.7 Å². The highest BCUT2D eigenvalue weighted by Crippen LogP contribution is 2.16. The number of nitrogens with one attached hydrogen (secondary N) is 3. The molecular weight excluding hydrogens is 636 g/mol. The van der Waals surface area contributed by atoms with Crippen molar-refractivity contribution in [3.8, 4) is 5.75 Å². The number of benzene rings is 2. The Morgan fingerprint density at radius 3 is 1.84 bits per heavy atom. The van der Waals surface area contributed by atoms with Crippen LogP contribution in [0.2, 0.25) is 0 Å². The number of ether oxygens (including phenoxy) is 1. The first-order valence-electron chi connectivity index (χ1n) is 19.5. The topological polar surface area (TPSA) is 109 Å². The third kappa shape index (κ3) is 19.7. The number of unbranched alkanes of at least 4 members (excludes halogenated alkanes) is 13. The molecule has 0 spiro atoms. The lowest BCUT2D eigenvalue weighted by Crippen LogP contribution is -2.48.